The van der Waals surface area contributed by atoms with Gasteiger partial charge in [0.25, 0.3) is 0 Å². The van der Waals surface area contributed by atoms with Crippen LogP contribution in [0.5, 0.6) is 0 Å². The van der Waals surface area contributed by atoms with E-state index in [1.807, 2.05) is 0 Å². The van der Waals surface area contributed by atoms with E-state index in [-0.39, 0.29) is 5.05 Å². The van der Waals surface area contributed by atoms with Crippen LogP contribution >= 0.6 is 12.2 Å². The lowest BCUT2D eigenvalue weighted by Crippen LogP contribution is -2.41. The summed E-state index contributed by atoms with van der Waals surface area (Å²) in [5.41, 5.74) is -1.62. The summed E-state index contributed by atoms with van der Waals surface area (Å²) in [6, 6.07) is 0. The number of aliphatic hydroxyl groups is 1. The maximum absolute atomic E-state index is 10.6. The number of hydrogen-bond acceptors (Lipinski definition) is 4. The number of carbonyl (C=O) groups excluding carboxylic acids is 1. The standard InChI is InChI=1S/C6H10O3S/c1-4(7)6(2,8)5(10)9-3/h8H,1-3H3. The number of hydrogen-bond donors (Lipinski definition) is 1. The highest BCUT2D eigenvalue weighted by atomic mass is 32.1. The molecule has 0 saturated heterocycles. The van der Waals surface area contributed by atoms with Gasteiger partial charge in [-0.05, 0) is 26.1 Å². The van der Waals surface area contributed by atoms with Crippen LogP contribution in [0.15, 0.2) is 0 Å². The first-order chi connectivity index (χ1) is 4.42. The molecule has 0 aliphatic rings. The van der Waals surface area contributed by atoms with Crippen molar-refractivity contribution in [3.05, 3.63) is 0 Å². The van der Waals surface area contributed by atoms with Crippen LogP contribution in [0, 0.1) is 0 Å². The van der Waals surface area contributed by atoms with Crippen molar-refractivity contribution in [2.45, 2.75) is 19.4 Å². The predicted octanol–water partition coefficient (Wildman–Crippen LogP) is 0.300. The lowest BCUT2D eigenvalue weighted by atomic mass is 10.0. The molecular formula is C6H10O3S. The molecule has 0 saturated carbocycles. The van der Waals surface area contributed by atoms with Crippen LogP contribution in [0.1, 0.15) is 13.8 Å². The summed E-state index contributed by atoms with van der Waals surface area (Å²) in [7, 11) is 1.32. The molecule has 0 spiro atoms. The van der Waals surface area contributed by atoms with Gasteiger partial charge in [0.05, 0.1) is 7.11 Å². The van der Waals surface area contributed by atoms with Gasteiger partial charge in [0.15, 0.2) is 16.4 Å². The van der Waals surface area contributed by atoms with Crippen molar-refractivity contribution in [2.24, 2.45) is 0 Å². The van der Waals surface area contributed by atoms with Crippen molar-refractivity contribution in [2.75, 3.05) is 7.11 Å². The van der Waals surface area contributed by atoms with Gasteiger partial charge in [0, 0.05) is 0 Å². The Bertz CT molecular complexity index is 162. The van der Waals surface area contributed by atoms with E-state index in [0.717, 1.165) is 0 Å². The molecule has 4 heteroatoms. The van der Waals surface area contributed by atoms with Gasteiger partial charge in [-0.25, -0.2) is 0 Å². The second-order valence-corrected chi connectivity index (χ2v) is 2.49. The number of Topliss-reactive ketones (excluding diaryl/α,β-unsaturated/α-hetero) is 1. The number of methoxy groups -OCH3 is 1. The molecule has 0 aliphatic carbocycles. The Hall–Kier alpha value is -0.480. The molecule has 1 N–H and O–H groups in total. The van der Waals surface area contributed by atoms with E-state index in [9.17, 15) is 9.90 Å². The van der Waals surface area contributed by atoms with E-state index in [1.54, 1.807) is 0 Å². The minimum Gasteiger partial charge on any atom is -0.487 e. The molecule has 0 rings (SSSR count). The molecule has 3 nitrogen and oxygen atoms in total. The summed E-state index contributed by atoms with van der Waals surface area (Å²) in [6.45, 7) is 2.56. The summed E-state index contributed by atoms with van der Waals surface area (Å²) in [4.78, 5) is 10.6. The van der Waals surface area contributed by atoms with E-state index < -0.39 is 11.4 Å². The Morgan fingerprint density at radius 1 is 1.70 bits per heavy atom. The van der Waals surface area contributed by atoms with E-state index in [1.165, 1.54) is 21.0 Å². The fourth-order valence-electron chi connectivity index (χ4n) is 0.342. The van der Waals surface area contributed by atoms with Crippen LogP contribution in [0.2, 0.25) is 0 Å². The van der Waals surface area contributed by atoms with Gasteiger partial charge >= 0.3 is 0 Å². The lowest BCUT2D eigenvalue weighted by Gasteiger charge is -2.18. The van der Waals surface area contributed by atoms with Crippen molar-refractivity contribution in [1.82, 2.24) is 0 Å². The third kappa shape index (κ3) is 1.75. The zero-order valence-corrected chi connectivity index (χ0v) is 6.99. The van der Waals surface area contributed by atoms with Crippen molar-refractivity contribution < 1.29 is 14.6 Å². The molecule has 0 fully saturated rings. The maximum atomic E-state index is 10.6. The van der Waals surface area contributed by atoms with E-state index in [2.05, 4.69) is 17.0 Å². The van der Waals surface area contributed by atoms with E-state index in [0.29, 0.717) is 0 Å². The van der Waals surface area contributed by atoms with Crippen molar-refractivity contribution in [1.29, 1.82) is 0 Å². The summed E-state index contributed by atoms with van der Waals surface area (Å²) >= 11 is 4.57. The minimum absolute atomic E-state index is 0.0972. The lowest BCUT2D eigenvalue weighted by molar-refractivity contribution is -0.128. The fourth-order valence-corrected chi connectivity index (χ4v) is 0.486. The third-order valence-corrected chi connectivity index (χ3v) is 1.83. The second kappa shape index (κ2) is 3.07. The highest BCUT2D eigenvalue weighted by Gasteiger charge is 2.32. The van der Waals surface area contributed by atoms with Gasteiger partial charge in [-0.15, -0.1) is 0 Å². The van der Waals surface area contributed by atoms with Crippen LogP contribution in [-0.4, -0.2) is 28.7 Å². The van der Waals surface area contributed by atoms with Crippen molar-refractivity contribution >= 4 is 23.1 Å². The summed E-state index contributed by atoms with van der Waals surface area (Å²) in [5, 5.41) is 9.15. The SMILES string of the molecule is COC(=S)C(C)(O)C(C)=O. The number of ether oxygens (including phenoxy) is 1. The van der Waals surface area contributed by atoms with Crippen LogP contribution in [-0.2, 0) is 9.53 Å². The van der Waals surface area contributed by atoms with Gasteiger partial charge in [0.1, 0.15) is 0 Å². The molecule has 1 atom stereocenters. The van der Waals surface area contributed by atoms with Crippen LogP contribution in [0.3, 0.4) is 0 Å². The Morgan fingerprint density at radius 2 is 2.10 bits per heavy atom. The molecule has 0 radical (unpaired) electrons. The fraction of sp³-hybridized carbons (Fsp3) is 0.667. The summed E-state index contributed by atoms with van der Waals surface area (Å²) < 4.78 is 4.54. The Balaban J connectivity index is 4.40. The molecule has 0 aromatic carbocycles. The minimum atomic E-state index is -1.62. The molecule has 0 heterocycles. The van der Waals surface area contributed by atoms with Crippen molar-refractivity contribution in [3.63, 3.8) is 0 Å². The third-order valence-electron chi connectivity index (χ3n) is 1.27. The van der Waals surface area contributed by atoms with E-state index >= 15 is 0 Å². The molecule has 0 amide bonds. The number of rotatable bonds is 2. The first kappa shape index (κ1) is 9.52. The second-order valence-electron chi connectivity index (χ2n) is 2.12. The van der Waals surface area contributed by atoms with Gasteiger partial charge in [-0.1, -0.05) is 0 Å². The predicted molar refractivity (Wildman–Crippen MR) is 40.9 cm³/mol. The van der Waals surface area contributed by atoms with Gasteiger partial charge in [0.2, 0.25) is 0 Å². The normalized spacial score (nSPS) is 15.6. The molecular weight excluding hydrogens is 152 g/mol. The molecule has 10 heavy (non-hydrogen) atoms. The van der Waals surface area contributed by atoms with E-state index in [4.69, 9.17) is 0 Å². The topological polar surface area (TPSA) is 46.5 Å². The van der Waals surface area contributed by atoms with Crippen LogP contribution < -0.4 is 0 Å². The maximum Gasteiger partial charge on any atom is 0.198 e. The summed E-state index contributed by atoms with van der Waals surface area (Å²) in [6.07, 6.45) is 0. The van der Waals surface area contributed by atoms with Gasteiger partial charge in [-0.3, -0.25) is 4.79 Å². The number of ketones is 1. The largest absolute Gasteiger partial charge is 0.487 e. The molecule has 0 aromatic heterocycles. The zero-order valence-electron chi connectivity index (χ0n) is 6.17. The Morgan fingerprint density at radius 3 is 2.20 bits per heavy atom. The van der Waals surface area contributed by atoms with Gasteiger partial charge in [-0.2, -0.15) is 0 Å². The zero-order chi connectivity index (χ0) is 8.36. The molecule has 0 bridgehead atoms. The summed E-state index contributed by atoms with van der Waals surface area (Å²) in [5.74, 6) is -0.417. The first-order valence-electron chi connectivity index (χ1n) is 2.74. The highest BCUT2D eigenvalue weighted by molar-refractivity contribution is 7.80. The van der Waals surface area contributed by atoms with Crippen LogP contribution in [0.4, 0.5) is 0 Å². The van der Waals surface area contributed by atoms with Crippen molar-refractivity contribution in [3.8, 4) is 0 Å². The molecule has 0 aliphatic heterocycles. The quantitative estimate of drug-likeness (QED) is 0.593. The van der Waals surface area contributed by atoms with Crippen LogP contribution in [0.25, 0.3) is 0 Å². The number of carbonyl (C=O) groups is 1. The average Bonchev–Trinajstić information content (AvgIpc) is 1.86. The highest BCUT2D eigenvalue weighted by Crippen LogP contribution is 2.08. The van der Waals surface area contributed by atoms with Gasteiger partial charge < -0.3 is 9.84 Å². The smallest absolute Gasteiger partial charge is 0.198 e. The number of thiocarbonyl (C=S) groups is 1. The Kier molecular flexibility index (Phi) is 2.93. The Labute approximate surface area is 65.0 Å². The molecule has 58 valence electrons. The monoisotopic (exact) mass is 162 g/mol. The first-order valence-corrected chi connectivity index (χ1v) is 3.15. The average molecular weight is 162 g/mol. The molecule has 1 unspecified atom stereocenters. The molecule has 0 aromatic rings.